The number of allylic oxidation sites excluding steroid dienone is 4. The van der Waals surface area contributed by atoms with Crippen LogP contribution in [0.25, 0.3) is 0 Å². The molecule has 0 radical (unpaired) electrons. The highest BCUT2D eigenvalue weighted by molar-refractivity contribution is 6.07. The van der Waals surface area contributed by atoms with Gasteiger partial charge in [0.05, 0.1) is 7.11 Å². The molecule has 0 N–H and O–H groups in total. The third-order valence-electron chi connectivity index (χ3n) is 6.72. The monoisotopic (exact) mass is 413 g/mol. The van der Waals surface area contributed by atoms with Gasteiger partial charge in [0.15, 0.2) is 11.6 Å². The van der Waals surface area contributed by atoms with E-state index >= 15 is 0 Å². The Bertz CT molecular complexity index is 1060. The van der Waals surface area contributed by atoms with Crippen LogP contribution in [0.2, 0.25) is 0 Å². The zero-order valence-corrected chi connectivity index (χ0v) is 18.1. The number of carbonyl (C=O) groups excluding carboxylic acids is 2. The van der Waals surface area contributed by atoms with Crippen molar-refractivity contribution < 1.29 is 14.3 Å². The van der Waals surface area contributed by atoms with Gasteiger partial charge < -0.3 is 9.64 Å². The summed E-state index contributed by atoms with van der Waals surface area (Å²) in [5, 5.41) is 0. The summed E-state index contributed by atoms with van der Waals surface area (Å²) in [6.45, 7) is 2.07. The van der Waals surface area contributed by atoms with Gasteiger partial charge in [-0.05, 0) is 62.4 Å². The van der Waals surface area contributed by atoms with Crippen molar-refractivity contribution in [3.63, 3.8) is 0 Å². The zero-order chi connectivity index (χ0) is 21.5. The minimum atomic E-state index is -0.279. The Morgan fingerprint density at radius 1 is 0.774 bits per heavy atom. The van der Waals surface area contributed by atoms with Crippen molar-refractivity contribution in [2.75, 3.05) is 12.0 Å². The van der Waals surface area contributed by atoms with E-state index in [0.717, 1.165) is 65.2 Å². The fourth-order valence-electron chi connectivity index (χ4n) is 5.26. The molecule has 0 spiro atoms. The third-order valence-corrected chi connectivity index (χ3v) is 6.72. The number of rotatable bonds is 3. The fourth-order valence-corrected chi connectivity index (χ4v) is 5.26. The molecule has 4 heteroatoms. The van der Waals surface area contributed by atoms with Crippen LogP contribution < -0.4 is 9.64 Å². The van der Waals surface area contributed by atoms with E-state index in [0.29, 0.717) is 12.8 Å². The minimum absolute atomic E-state index is 0.170. The first kappa shape index (κ1) is 19.8. The van der Waals surface area contributed by atoms with Crippen LogP contribution in [0.15, 0.2) is 71.1 Å². The van der Waals surface area contributed by atoms with E-state index in [4.69, 9.17) is 4.74 Å². The van der Waals surface area contributed by atoms with E-state index in [1.54, 1.807) is 7.11 Å². The summed E-state index contributed by atoms with van der Waals surface area (Å²) in [4.78, 5) is 28.8. The van der Waals surface area contributed by atoms with Gasteiger partial charge >= 0.3 is 0 Å². The molecule has 2 aromatic carbocycles. The van der Waals surface area contributed by atoms with Gasteiger partial charge in [0.25, 0.3) is 0 Å². The number of carbonyl (C=O) groups is 2. The van der Waals surface area contributed by atoms with Crippen molar-refractivity contribution in [3.05, 3.63) is 82.2 Å². The first-order valence-corrected chi connectivity index (χ1v) is 11.1. The van der Waals surface area contributed by atoms with E-state index in [9.17, 15) is 9.59 Å². The lowest BCUT2D eigenvalue weighted by molar-refractivity contribution is -0.116. The Hall–Kier alpha value is -3.14. The molecule has 158 valence electrons. The summed E-state index contributed by atoms with van der Waals surface area (Å²) < 4.78 is 5.33. The number of ketones is 2. The van der Waals surface area contributed by atoms with Crippen LogP contribution in [0, 0.1) is 6.92 Å². The van der Waals surface area contributed by atoms with Crippen LogP contribution in [0.3, 0.4) is 0 Å². The molecule has 0 unspecified atom stereocenters. The molecule has 0 amide bonds. The number of hydrogen-bond donors (Lipinski definition) is 0. The molecule has 0 fully saturated rings. The maximum Gasteiger partial charge on any atom is 0.161 e. The molecule has 2 aromatic rings. The van der Waals surface area contributed by atoms with E-state index in [1.807, 2.05) is 24.3 Å². The Balaban J connectivity index is 1.75. The molecule has 0 atom stereocenters. The number of aryl methyl sites for hydroxylation is 1. The van der Waals surface area contributed by atoms with Crippen LogP contribution in [0.5, 0.6) is 5.75 Å². The molecule has 4 nitrogen and oxygen atoms in total. The summed E-state index contributed by atoms with van der Waals surface area (Å²) in [6.07, 6.45) is 4.51. The largest absolute Gasteiger partial charge is 0.497 e. The molecular formula is C27H27NO3. The average molecular weight is 414 g/mol. The molecule has 0 aromatic heterocycles. The van der Waals surface area contributed by atoms with E-state index in [1.165, 1.54) is 5.56 Å². The van der Waals surface area contributed by atoms with Gasteiger partial charge in [-0.3, -0.25) is 9.59 Å². The second kappa shape index (κ2) is 7.84. The van der Waals surface area contributed by atoms with Gasteiger partial charge in [-0.15, -0.1) is 0 Å². The predicted octanol–water partition coefficient (Wildman–Crippen LogP) is 5.62. The van der Waals surface area contributed by atoms with Gasteiger partial charge in [-0.1, -0.05) is 29.8 Å². The first-order chi connectivity index (χ1) is 15.1. The van der Waals surface area contributed by atoms with E-state index < -0.39 is 0 Å². The molecule has 3 aliphatic rings. The summed E-state index contributed by atoms with van der Waals surface area (Å²) in [5.41, 5.74) is 7.01. The molecule has 0 bridgehead atoms. The van der Waals surface area contributed by atoms with Gasteiger partial charge in [0.1, 0.15) is 5.75 Å². The third kappa shape index (κ3) is 3.31. The maximum atomic E-state index is 13.3. The molecule has 1 heterocycles. The maximum absolute atomic E-state index is 13.3. The van der Waals surface area contributed by atoms with Crippen LogP contribution in [-0.2, 0) is 9.59 Å². The van der Waals surface area contributed by atoms with Crippen LogP contribution in [0.4, 0.5) is 5.69 Å². The lowest BCUT2D eigenvalue weighted by Crippen LogP contribution is -2.39. The first-order valence-electron chi connectivity index (χ1n) is 11.1. The Kier molecular flexibility index (Phi) is 5.01. The lowest BCUT2D eigenvalue weighted by Gasteiger charge is -2.44. The summed E-state index contributed by atoms with van der Waals surface area (Å²) in [7, 11) is 1.64. The van der Waals surface area contributed by atoms with E-state index in [-0.39, 0.29) is 17.5 Å². The Labute approximate surface area is 183 Å². The molecule has 0 saturated heterocycles. The molecule has 1 aliphatic heterocycles. The standard InChI is InChI=1S/C27H27NO3/c1-17-9-13-19(14-10-17)28-21-5-3-7-23(29)26(21)25(18-11-15-20(31-2)16-12-18)27-22(28)6-4-8-24(27)30/h9-16,25H,3-8H2,1-2H3. The number of benzene rings is 2. The SMILES string of the molecule is COc1ccc(C2C3=C(CCCC3=O)N(c3ccc(C)cc3)C3=C2C(=O)CCC3)cc1. The van der Waals surface area contributed by atoms with Gasteiger partial charge in [-0.25, -0.2) is 0 Å². The lowest BCUT2D eigenvalue weighted by atomic mass is 9.71. The molecule has 2 aliphatic carbocycles. The van der Waals surface area contributed by atoms with Crippen LogP contribution in [-0.4, -0.2) is 18.7 Å². The zero-order valence-electron chi connectivity index (χ0n) is 18.1. The van der Waals surface area contributed by atoms with Crippen molar-refractivity contribution in [3.8, 4) is 5.75 Å². The van der Waals surface area contributed by atoms with Gasteiger partial charge in [0.2, 0.25) is 0 Å². The smallest absolute Gasteiger partial charge is 0.161 e. The van der Waals surface area contributed by atoms with Crippen LogP contribution >= 0.6 is 0 Å². The Morgan fingerprint density at radius 3 is 1.84 bits per heavy atom. The average Bonchev–Trinajstić information content (AvgIpc) is 2.79. The second-order valence-electron chi connectivity index (χ2n) is 8.65. The summed E-state index contributed by atoms with van der Waals surface area (Å²) in [5.74, 6) is 0.834. The van der Waals surface area contributed by atoms with Crippen molar-refractivity contribution in [1.82, 2.24) is 0 Å². The fraction of sp³-hybridized carbons (Fsp3) is 0.333. The van der Waals surface area contributed by atoms with Crippen LogP contribution in [0.1, 0.15) is 55.6 Å². The highest BCUT2D eigenvalue weighted by Gasteiger charge is 2.43. The number of nitrogens with zero attached hydrogens (tertiary/aromatic N) is 1. The minimum Gasteiger partial charge on any atom is -0.497 e. The number of ether oxygens (including phenoxy) is 1. The van der Waals surface area contributed by atoms with Crippen molar-refractivity contribution in [1.29, 1.82) is 0 Å². The van der Waals surface area contributed by atoms with Crippen molar-refractivity contribution in [2.24, 2.45) is 0 Å². The highest BCUT2D eigenvalue weighted by Crippen LogP contribution is 2.50. The normalized spacial score (nSPS) is 19.5. The molecular weight excluding hydrogens is 386 g/mol. The number of Topliss-reactive ketones (excluding diaryl/α,β-unsaturated/α-hetero) is 2. The molecule has 5 rings (SSSR count). The number of methoxy groups -OCH3 is 1. The summed E-state index contributed by atoms with van der Waals surface area (Å²) in [6, 6.07) is 16.3. The van der Waals surface area contributed by atoms with Crippen molar-refractivity contribution >= 4 is 17.3 Å². The van der Waals surface area contributed by atoms with E-state index in [2.05, 4.69) is 36.1 Å². The van der Waals surface area contributed by atoms with Gasteiger partial charge in [0, 0.05) is 47.0 Å². The topological polar surface area (TPSA) is 46.6 Å². The van der Waals surface area contributed by atoms with Crippen molar-refractivity contribution in [2.45, 2.75) is 51.4 Å². The quantitative estimate of drug-likeness (QED) is 0.655. The number of anilines is 1. The highest BCUT2D eigenvalue weighted by atomic mass is 16.5. The molecule has 31 heavy (non-hydrogen) atoms. The Morgan fingerprint density at radius 2 is 1.32 bits per heavy atom. The molecule has 0 saturated carbocycles. The predicted molar refractivity (Wildman–Crippen MR) is 121 cm³/mol. The van der Waals surface area contributed by atoms with Gasteiger partial charge in [-0.2, -0.15) is 0 Å². The second-order valence-corrected chi connectivity index (χ2v) is 8.65. The number of hydrogen-bond acceptors (Lipinski definition) is 4. The summed E-state index contributed by atoms with van der Waals surface area (Å²) >= 11 is 0.